The van der Waals surface area contributed by atoms with Crippen LogP contribution < -0.4 is 18.9 Å². The van der Waals surface area contributed by atoms with Crippen molar-refractivity contribution >= 4 is 5.78 Å². The van der Waals surface area contributed by atoms with Crippen LogP contribution in [0.4, 0.5) is 0 Å². The number of aromatic nitrogens is 5. The second kappa shape index (κ2) is 9.13. The van der Waals surface area contributed by atoms with Gasteiger partial charge in [-0.2, -0.15) is 4.80 Å². The van der Waals surface area contributed by atoms with Crippen LogP contribution in [0.25, 0.3) is 11.4 Å². The molecule has 0 atom stereocenters. The predicted octanol–water partition coefficient (Wildman–Crippen LogP) is 3.44. The van der Waals surface area contributed by atoms with Crippen molar-refractivity contribution in [2.75, 3.05) is 21.0 Å². The van der Waals surface area contributed by atoms with E-state index in [1.54, 1.807) is 26.4 Å². The number of fused-ring (bicyclic) bond motifs is 1. The number of tetrazole rings is 1. The molecule has 0 spiro atoms. The lowest BCUT2D eigenvalue weighted by Gasteiger charge is -2.10. The summed E-state index contributed by atoms with van der Waals surface area (Å²) in [6.07, 6.45) is 0. The first kappa shape index (κ1) is 22.5. The standard InChI is InChI=1S/C25H25N5O5/c1-15-9-19(16(2)29(15)12-17-5-7-22-24(10-17)35-14-34-22)20(31)13-30-27-25(26-28-30)18-6-8-21(32-3)23(11-18)33-4/h5-11H,12-14H2,1-4H3. The summed E-state index contributed by atoms with van der Waals surface area (Å²) in [4.78, 5) is 14.4. The van der Waals surface area contributed by atoms with Crippen molar-refractivity contribution in [3.8, 4) is 34.4 Å². The molecule has 1 aliphatic heterocycles. The molecule has 2 aromatic carbocycles. The van der Waals surface area contributed by atoms with Gasteiger partial charge in [-0.3, -0.25) is 4.79 Å². The van der Waals surface area contributed by atoms with Crippen LogP contribution in [-0.2, 0) is 13.1 Å². The zero-order valence-electron chi connectivity index (χ0n) is 19.9. The van der Waals surface area contributed by atoms with E-state index in [1.165, 1.54) is 4.80 Å². The van der Waals surface area contributed by atoms with Crippen LogP contribution in [-0.4, -0.2) is 51.6 Å². The highest BCUT2D eigenvalue weighted by Gasteiger charge is 2.19. The van der Waals surface area contributed by atoms with E-state index >= 15 is 0 Å². The first-order valence-electron chi connectivity index (χ1n) is 11.1. The number of ether oxygens (including phenoxy) is 4. The highest BCUT2D eigenvalue weighted by Crippen LogP contribution is 2.33. The zero-order chi connectivity index (χ0) is 24.5. The van der Waals surface area contributed by atoms with E-state index in [0.717, 1.165) is 28.5 Å². The molecule has 1 aliphatic rings. The molecule has 0 bridgehead atoms. The maximum atomic E-state index is 13.1. The Kier molecular flexibility index (Phi) is 5.86. The predicted molar refractivity (Wildman–Crippen MR) is 126 cm³/mol. The monoisotopic (exact) mass is 475 g/mol. The van der Waals surface area contributed by atoms with Gasteiger partial charge in [0.1, 0.15) is 6.54 Å². The van der Waals surface area contributed by atoms with Gasteiger partial charge in [0.25, 0.3) is 0 Å². The highest BCUT2D eigenvalue weighted by atomic mass is 16.7. The molecule has 2 aromatic heterocycles. The quantitative estimate of drug-likeness (QED) is 0.357. The van der Waals surface area contributed by atoms with Gasteiger partial charge >= 0.3 is 0 Å². The van der Waals surface area contributed by atoms with Crippen molar-refractivity contribution in [3.05, 3.63) is 65.0 Å². The summed E-state index contributed by atoms with van der Waals surface area (Å²) >= 11 is 0. The molecule has 0 aliphatic carbocycles. The summed E-state index contributed by atoms with van der Waals surface area (Å²) in [5.41, 5.74) is 4.27. The number of rotatable bonds is 8. The van der Waals surface area contributed by atoms with Crippen LogP contribution in [0, 0.1) is 13.8 Å². The molecule has 3 heterocycles. The number of carbonyl (C=O) groups is 1. The second-order valence-corrected chi connectivity index (χ2v) is 8.19. The minimum absolute atomic E-state index is 0.0192. The van der Waals surface area contributed by atoms with E-state index in [4.69, 9.17) is 18.9 Å². The normalized spacial score (nSPS) is 12.1. The lowest BCUT2D eigenvalue weighted by molar-refractivity contribution is 0.0960. The molecule has 0 saturated heterocycles. The molecule has 0 unspecified atom stereocenters. The lowest BCUT2D eigenvalue weighted by atomic mass is 10.1. The van der Waals surface area contributed by atoms with Crippen molar-refractivity contribution in [1.82, 2.24) is 24.8 Å². The van der Waals surface area contributed by atoms with Crippen molar-refractivity contribution in [2.24, 2.45) is 0 Å². The van der Waals surface area contributed by atoms with Crippen molar-refractivity contribution in [2.45, 2.75) is 26.9 Å². The Bertz CT molecular complexity index is 1410. The van der Waals surface area contributed by atoms with Gasteiger partial charge in [-0.1, -0.05) is 6.07 Å². The van der Waals surface area contributed by atoms with Gasteiger partial charge < -0.3 is 23.5 Å². The van der Waals surface area contributed by atoms with Crippen LogP contribution in [0.1, 0.15) is 27.3 Å². The fourth-order valence-corrected chi connectivity index (χ4v) is 4.16. The Balaban J connectivity index is 1.32. The maximum absolute atomic E-state index is 13.1. The van der Waals surface area contributed by atoms with Crippen LogP contribution >= 0.6 is 0 Å². The minimum atomic E-state index is -0.0914. The summed E-state index contributed by atoms with van der Waals surface area (Å²) in [5, 5.41) is 12.5. The van der Waals surface area contributed by atoms with Gasteiger partial charge in [0.2, 0.25) is 12.6 Å². The first-order valence-corrected chi connectivity index (χ1v) is 11.1. The number of hydrogen-bond donors (Lipinski definition) is 0. The van der Waals surface area contributed by atoms with Gasteiger partial charge in [-0.05, 0) is 61.0 Å². The largest absolute Gasteiger partial charge is 0.493 e. The molecule has 5 rings (SSSR count). The Morgan fingerprint density at radius 1 is 1.00 bits per heavy atom. The SMILES string of the molecule is COc1ccc(-c2nnn(CC(=O)c3cc(C)n(Cc4ccc5c(c4)OCO5)c3C)n2)cc1OC. The molecule has 0 N–H and O–H groups in total. The number of benzene rings is 2. The molecule has 0 radical (unpaired) electrons. The van der Waals surface area contributed by atoms with Gasteiger partial charge in [0.05, 0.1) is 14.2 Å². The van der Waals surface area contributed by atoms with E-state index in [2.05, 4.69) is 20.0 Å². The lowest BCUT2D eigenvalue weighted by Crippen LogP contribution is -2.14. The van der Waals surface area contributed by atoms with Gasteiger partial charge in [0.15, 0.2) is 28.8 Å². The van der Waals surface area contributed by atoms with Crippen LogP contribution in [0.3, 0.4) is 0 Å². The van der Waals surface area contributed by atoms with E-state index in [1.807, 2.05) is 44.2 Å². The molecule has 180 valence electrons. The summed E-state index contributed by atoms with van der Waals surface area (Å²) in [6, 6.07) is 13.1. The van der Waals surface area contributed by atoms with Crippen molar-refractivity contribution in [3.63, 3.8) is 0 Å². The van der Waals surface area contributed by atoms with E-state index in [0.29, 0.717) is 35.0 Å². The Morgan fingerprint density at radius 2 is 1.80 bits per heavy atom. The maximum Gasteiger partial charge on any atom is 0.231 e. The number of nitrogens with zero attached hydrogens (tertiary/aromatic N) is 5. The molecule has 10 heteroatoms. The number of Topliss-reactive ketones (excluding diaryl/α,β-unsaturated/α-hetero) is 1. The van der Waals surface area contributed by atoms with E-state index < -0.39 is 0 Å². The first-order chi connectivity index (χ1) is 17.0. The average Bonchev–Trinajstić information content (AvgIpc) is 3.59. The van der Waals surface area contributed by atoms with Crippen molar-refractivity contribution < 1.29 is 23.7 Å². The van der Waals surface area contributed by atoms with E-state index in [-0.39, 0.29) is 19.1 Å². The number of hydrogen-bond acceptors (Lipinski definition) is 8. The summed E-state index contributed by atoms with van der Waals surface area (Å²) in [6.45, 7) is 4.76. The molecular weight excluding hydrogens is 450 g/mol. The van der Waals surface area contributed by atoms with E-state index in [9.17, 15) is 4.79 Å². The number of carbonyl (C=O) groups excluding carboxylic acids is 1. The number of ketones is 1. The minimum Gasteiger partial charge on any atom is -0.493 e. The summed E-state index contributed by atoms with van der Waals surface area (Å²) < 4.78 is 23.6. The third-order valence-corrected chi connectivity index (χ3v) is 6.03. The molecule has 0 saturated carbocycles. The third kappa shape index (κ3) is 4.30. The summed E-state index contributed by atoms with van der Waals surface area (Å²) in [5.74, 6) is 2.96. The smallest absolute Gasteiger partial charge is 0.231 e. The van der Waals surface area contributed by atoms with Gasteiger partial charge in [-0.15, -0.1) is 10.2 Å². The van der Waals surface area contributed by atoms with Gasteiger partial charge in [0, 0.05) is 29.1 Å². The van der Waals surface area contributed by atoms with Gasteiger partial charge in [-0.25, -0.2) is 0 Å². The molecular formula is C25H25N5O5. The van der Waals surface area contributed by atoms with Crippen LogP contribution in [0.5, 0.6) is 23.0 Å². The topological polar surface area (TPSA) is 103 Å². The summed E-state index contributed by atoms with van der Waals surface area (Å²) in [7, 11) is 3.14. The van der Waals surface area contributed by atoms with Crippen LogP contribution in [0.2, 0.25) is 0 Å². The van der Waals surface area contributed by atoms with Crippen LogP contribution in [0.15, 0.2) is 42.5 Å². The molecule has 0 fully saturated rings. The Morgan fingerprint density at radius 3 is 2.60 bits per heavy atom. The highest BCUT2D eigenvalue weighted by molar-refractivity contribution is 5.97. The fraction of sp³-hybridized carbons (Fsp3) is 0.280. The molecule has 4 aromatic rings. The third-order valence-electron chi connectivity index (χ3n) is 6.03. The number of aryl methyl sites for hydroxylation is 1. The molecule has 0 amide bonds. The average molecular weight is 476 g/mol. The Labute approximate surface area is 202 Å². The fourth-order valence-electron chi connectivity index (χ4n) is 4.16. The zero-order valence-corrected chi connectivity index (χ0v) is 19.9. The molecule has 10 nitrogen and oxygen atoms in total. The Hall–Kier alpha value is -4.34. The molecule has 35 heavy (non-hydrogen) atoms. The van der Waals surface area contributed by atoms with Crippen molar-refractivity contribution in [1.29, 1.82) is 0 Å². The second-order valence-electron chi connectivity index (χ2n) is 8.19. The number of methoxy groups -OCH3 is 2.